The van der Waals surface area contributed by atoms with E-state index in [0.717, 1.165) is 42.1 Å². The minimum Gasteiger partial charge on any atom is -0.314 e. The number of nitrogens with one attached hydrogen (secondary N) is 1. The molecule has 2 heterocycles. The van der Waals surface area contributed by atoms with Crippen LogP contribution in [-0.4, -0.2) is 36.1 Å². The van der Waals surface area contributed by atoms with Gasteiger partial charge in [-0.3, -0.25) is 4.90 Å². The van der Waals surface area contributed by atoms with Crippen molar-refractivity contribution in [1.29, 1.82) is 0 Å². The molecule has 3 nitrogen and oxygen atoms in total. The van der Waals surface area contributed by atoms with Gasteiger partial charge in [0.25, 0.3) is 0 Å². The lowest BCUT2D eigenvalue weighted by Gasteiger charge is -2.25. The van der Waals surface area contributed by atoms with Gasteiger partial charge in [0, 0.05) is 26.2 Å². The number of halogens is 2. The molecule has 0 unspecified atom stereocenters. The van der Waals surface area contributed by atoms with Crippen molar-refractivity contribution in [2.45, 2.75) is 6.54 Å². The summed E-state index contributed by atoms with van der Waals surface area (Å²) in [6, 6.07) is 0. The minimum absolute atomic E-state index is 0. The second kappa shape index (κ2) is 5.88. The van der Waals surface area contributed by atoms with Gasteiger partial charge in [0.1, 0.15) is 9.34 Å². The number of nitrogens with zero attached hydrogens (tertiary/aromatic N) is 2. The average Bonchev–Trinajstić information content (AvgIpc) is 2.53. The van der Waals surface area contributed by atoms with E-state index in [9.17, 15) is 0 Å². The van der Waals surface area contributed by atoms with Gasteiger partial charge in [-0.2, -0.15) is 0 Å². The van der Waals surface area contributed by atoms with E-state index in [2.05, 4.69) is 15.2 Å². The van der Waals surface area contributed by atoms with E-state index in [1.807, 2.05) is 0 Å². The van der Waals surface area contributed by atoms with Gasteiger partial charge < -0.3 is 5.32 Å². The van der Waals surface area contributed by atoms with Crippen LogP contribution in [0.1, 0.15) is 5.01 Å². The summed E-state index contributed by atoms with van der Waals surface area (Å²) in [5, 5.41) is 4.44. The van der Waals surface area contributed by atoms with Crippen molar-refractivity contribution in [3.63, 3.8) is 0 Å². The van der Waals surface area contributed by atoms with E-state index < -0.39 is 0 Å². The Morgan fingerprint density at radius 1 is 1.50 bits per heavy atom. The quantitative estimate of drug-likeness (QED) is 0.869. The first kappa shape index (κ1) is 12.2. The summed E-state index contributed by atoms with van der Waals surface area (Å²) in [5.41, 5.74) is 0. The normalized spacial score (nSPS) is 17.8. The molecule has 1 aliphatic rings. The first-order chi connectivity index (χ1) is 6.34. The van der Waals surface area contributed by atoms with Gasteiger partial charge in [0.15, 0.2) is 0 Å². The first-order valence-electron chi connectivity index (χ1n) is 4.38. The smallest absolute Gasteiger partial charge is 0.113 e. The molecule has 1 aromatic heterocycles. The Bertz CT molecular complexity index is 273. The SMILES string of the molecule is Cl.Clc1cnc(CN2CCNCC2)s1. The van der Waals surface area contributed by atoms with Gasteiger partial charge in [-0.25, -0.2) is 4.98 Å². The first-order valence-corrected chi connectivity index (χ1v) is 5.57. The Hall–Kier alpha value is 0.130. The maximum atomic E-state index is 5.80. The Balaban J connectivity index is 0.000000980. The molecule has 2 rings (SSSR count). The third-order valence-electron chi connectivity index (χ3n) is 2.09. The highest BCUT2D eigenvalue weighted by molar-refractivity contribution is 7.15. The van der Waals surface area contributed by atoms with Crippen molar-refractivity contribution in [1.82, 2.24) is 15.2 Å². The summed E-state index contributed by atoms with van der Waals surface area (Å²) < 4.78 is 0.783. The molecule has 0 aromatic carbocycles. The Kier molecular flexibility index (Phi) is 5.12. The second-order valence-electron chi connectivity index (χ2n) is 3.08. The monoisotopic (exact) mass is 253 g/mol. The number of aromatic nitrogens is 1. The molecule has 0 spiro atoms. The fourth-order valence-electron chi connectivity index (χ4n) is 1.42. The van der Waals surface area contributed by atoms with Crippen molar-refractivity contribution in [2.75, 3.05) is 26.2 Å². The van der Waals surface area contributed by atoms with Gasteiger partial charge in [-0.05, 0) is 0 Å². The van der Waals surface area contributed by atoms with Crippen LogP contribution in [-0.2, 0) is 6.54 Å². The third kappa shape index (κ3) is 3.37. The molecule has 0 radical (unpaired) electrons. The molecule has 1 fully saturated rings. The summed E-state index contributed by atoms with van der Waals surface area (Å²) in [5.74, 6) is 0. The molecular formula is C8H13Cl2N3S. The molecule has 0 bridgehead atoms. The van der Waals surface area contributed by atoms with Crippen molar-refractivity contribution in [3.05, 3.63) is 15.5 Å². The van der Waals surface area contributed by atoms with Gasteiger partial charge in [0.2, 0.25) is 0 Å². The highest BCUT2D eigenvalue weighted by Crippen LogP contribution is 2.19. The summed E-state index contributed by atoms with van der Waals surface area (Å²) in [6.45, 7) is 5.33. The van der Waals surface area contributed by atoms with Gasteiger partial charge in [-0.15, -0.1) is 23.7 Å². The van der Waals surface area contributed by atoms with Crippen LogP contribution in [0.4, 0.5) is 0 Å². The van der Waals surface area contributed by atoms with Crippen molar-refractivity contribution < 1.29 is 0 Å². The van der Waals surface area contributed by atoms with Crippen LogP contribution in [0.15, 0.2) is 6.20 Å². The molecule has 1 N–H and O–H groups in total. The molecule has 80 valence electrons. The average molecular weight is 254 g/mol. The molecule has 14 heavy (non-hydrogen) atoms. The van der Waals surface area contributed by atoms with Gasteiger partial charge in [0.05, 0.1) is 12.7 Å². The van der Waals surface area contributed by atoms with Crippen molar-refractivity contribution >= 4 is 35.3 Å². The van der Waals surface area contributed by atoms with Gasteiger partial charge >= 0.3 is 0 Å². The molecule has 6 heteroatoms. The fourth-order valence-corrected chi connectivity index (χ4v) is 2.42. The Labute approximate surface area is 98.9 Å². The highest BCUT2D eigenvalue weighted by atomic mass is 35.5. The maximum Gasteiger partial charge on any atom is 0.113 e. The Morgan fingerprint density at radius 3 is 2.79 bits per heavy atom. The molecule has 0 atom stereocenters. The number of rotatable bonds is 2. The van der Waals surface area contributed by atoms with Crippen LogP contribution in [0.5, 0.6) is 0 Å². The second-order valence-corrected chi connectivity index (χ2v) is 4.83. The van der Waals surface area contributed by atoms with Gasteiger partial charge in [-0.1, -0.05) is 11.6 Å². The van der Waals surface area contributed by atoms with Crippen LogP contribution in [0, 0.1) is 0 Å². The molecule has 0 saturated carbocycles. The number of thiazole rings is 1. The molecule has 1 saturated heterocycles. The van der Waals surface area contributed by atoms with Crippen molar-refractivity contribution in [2.24, 2.45) is 0 Å². The van der Waals surface area contributed by atoms with Crippen LogP contribution < -0.4 is 5.32 Å². The largest absolute Gasteiger partial charge is 0.314 e. The fraction of sp³-hybridized carbons (Fsp3) is 0.625. The van der Waals surface area contributed by atoms with E-state index in [4.69, 9.17) is 11.6 Å². The summed E-state index contributed by atoms with van der Waals surface area (Å²) >= 11 is 7.38. The lowest BCUT2D eigenvalue weighted by molar-refractivity contribution is 0.233. The summed E-state index contributed by atoms with van der Waals surface area (Å²) in [6.07, 6.45) is 1.73. The van der Waals surface area contributed by atoms with Crippen LogP contribution in [0.25, 0.3) is 0 Å². The predicted octanol–water partition coefficient (Wildman–Crippen LogP) is 1.62. The number of hydrogen-bond acceptors (Lipinski definition) is 4. The van der Waals surface area contributed by atoms with E-state index in [-0.39, 0.29) is 12.4 Å². The third-order valence-corrected chi connectivity index (χ3v) is 3.19. The zero-order valence-electron chi connectivity index (χ0n) is 7.70. The van der Waals surface area contributed by atoms with E-state index in [0.29, 0.717) is 0 Å². The maximum absolute atomic E-state index is 5.80. The van der Waals surface area contributed by atoms with Crippen LogP contribution in [0.3, 0.4) is 0 Å². The lowest BCUT2D eigenvalue weighted by atomic mass is 10.4. The predicted molar refractivity (Wildman–Crippen MR) is 62.5 cm³/mol. The minimum atomic E-state index is 0. The summed E-state index contributed by atoms with van der Waals surface area (Å²) in [4.78, 5) is 6.63. The zero-order valence-corrected chi connectivity index (χ0v) is 10.1. The van der Waals surface area contributed by atoms with E-state index in [1.54, 1.807) is 17.5 Å². The molecule has 0 aliphatic carbocycles. The number of hydrogen-bond donors (Lipinski definition) is 1. The molecular weight excluding hydrogens is 241 g/mol. The van der Waals surface area contributed by atoms with Crippen LogP contribution in [0.2, 0.25) is 4.34 Å². The standard InChI is InChI=1S/C8H12ClN3S.ClH/c9-7-5-11-8(13-7)6-12-3-1-10-2-4-12;/h5,10H,1-4,6H2;1H. The molecule has 0 amide bonds. The van der Waals surface area contributed by atoms with Crippen molar-refractivity contribution in [3.8, 4) is 0 Å². The van der Waals surface area contributed by atoms with Crippen LogP contribution >= 0.6 is 35.3 Å². The number of piperazine rings is 1. The Morgan fingerprint density at radius 2 is 2.21 bits per heavy atom. The zero-order chi connectivity index (χ0) is 9.10. The van der Waals surface area contributed by atoms with E-state index in [1.165, 1.54) is 0 Å². The molecule has 1 aliphatic heterocycles. The van der Waals surface area contributed by atoms with E-state index >= 15 is 0 Å². The topological polar surface area (TPSA) is 28.2 Å². The lowest BCUT2D eigenvalue weighted by Crippen LogP contribution is -2.42. The highest BCUT2D eigenvalue weighted by Gasteiger charge is 2.11. The summed E-state index contributed by atoms with van der Waals surface area (Å²) in [7, 11) is 0. The molecule has 1 aromatic rings.